The molecule has 1 aliphatic carbocycles. The van der Waals surface area contributed by atoms with E-state index in [4.69, 9.17) is 0 Å². The van der Waals surface area contributed by atoms with Gasteiger partial charge in [0.05, 0.1) is 10.9 Å². The maximum atomic E-state index is 11.8. The van der Waals surface area contributed by atoms with Crippen LogP contribution in [-0.2, 0) is 11.2 Å². The highest BCUT2D eigenvalue weighted by Crippen LogP contribution is 2.35. The number of thioether (sulfide) groups is 1. The zero-order chi connectivity index (χ0) is 16.2. The van der Waals surface area contributed by atoms with Gasteiger partial charge >= 0.3 is 6.03 Å². The van der Waals surface area contributed by atoms with Crippen LogP contribution in [0.3, 0.4) is 0 Å². The van der Waals surface area contributed by atoms with E-state index < -0.39 is 0 Å². The highest BCUT2D eigenvalue weighted by molar-refractivity contribution is 8.00. The number of carbonyl (C=O) groups excluding carboxylic acids is 2. The highest BCUT2D eigenvalue weighted by atomic mass is 32.2. The molecule has 1 saturated carbocycles. The maximum absolute atomic E-state index is 11.8. The third-order valence-electron chi connectivity index (χ3n) is 4.36. The van der Waals surface area contributed by atoms with Crippen LogP contribution >= 0.6 is 11.8 Å². The molecule has 0 aromatic heterocycles. The number of hydrogen-bond acceptors (Lipinski definition) is 3. The first-order valence-corrected chi connectivity index (χ1v) is 9.14. The van der Waals surface area contributed by atoms with Crippen LogP contribution < -0.4 is 16.0 Å². The summed E-state index contributed by atoms with van der Waals surface area (Å²) in [4.78, 5) is 24.7. The number of hydrogen-bond donors (Lipinski definition) is 3. The van der Waals surface area contributed by atoms with E-state index in [0.29, 0.717) is 12.6 Å². The van der Waals surface area contributed by atoms with E-state index in [2.05, 4.69) is 22.0 Å². The predicted octanol–water partition coefficient (Wildman–Crippen LogP) is 2.90. The standard InChI is InChI=1S/C17H23N3O2S/c1-11-16(21)20-14-10-12(6-7-15(14)23-11)8-9-18-17(22)19-13-4-2-3-5-13/h6-7,10-11,13H,2-5,8-9H2,1H3,(H,20,21)(H2,18,19,22). The fourth-order valence-corrected chi connectivity index (χ4v) is 3.97. The van der Waals surface area contributed by atoms with Crippen LogP contribution in [0.1, 0.15) is 38.2 Å². The summed E-state index contributed by atoms with van der Waals surface area (Å²) in [5, 5.41) is 8.82. The summed E-state index contributed by atoms with van der Waals surface area (Å²) in [6, 6.07) is 6.37. The van der Waals surface area contributed by atoms with Gasteiger partial charge in [-0.3, -0.25) is 4.79 Å². The van der Waals surface area contributed by atoms with Crippen molar-refractivity contribution < 1.29 is 9.59 Å². The Hall–Kier alpha value is -1.69. The Balaban J connectivity index is 1.48. The maximum Gasteiger partial charge on any atom is 0.315 e. The normalized spacial score (nSPS) is 20.7. The van der Waals surface area contributed by atoms with E-state index in [1.807, 2.05) is 19.1 Å². The Morgan fingerprint density at radius 2 is 2.13 bits per heavy atom. The number of anilines is 1. The zero-order valence-electron chi connectivity index (χ0n) is 13.4. The fraction of sp³-hybridized carbons (Fsp3) is 0.529. The predicted molar refractivity (Wildman–Crippen MR) is 92.9 cm³/mol. The molecule has 0 bridgehead atoms. The number of amides is 3. The van der Waals surface area contributed by atoms with Crippen molar-refractivity contribution in [1.29, 1.82) is 0 Å². The van der Waals surface area contributed by atoms with Gasteiger partial charge in [-0.2, -0.15) is 0 Å². The minimum atomic E-state index is -0.0763. The topological polar surface area (TPSA) is 70.2 Å². The summed E-state index contributed by atoms with van der Waals surface area (Å²) in [5.41, 5.74) is 1.99. The van der Waals surface area contributed by atoms with Crippen LogP contribution in [0.15, 0.2) is 23.1 Å². The lowest BCUT2D eigenvalue weighted by molar-refractivity contribution is -0.115. The van der Waals surface area contributed by atoms with Crippen LogP contribution in [0.5, 0.6) is 0 Å². The summed E-state index contributed by atoms with van der Waals surface area (Å²) in [7, 11) is 0. The molecule has 3 N–H and O–H groups in total. The van der Waals surface area contributed by atoms with Gasteiger partial charge in [-0.1, -0.05) is 18.9 Å². The van der Waals surface area contributed by atoms with Crippen molar-refractivity contribution in [3.8, 4) is 0 Å². The lowest BCUT2D eigenvalue weighted by Gasteiger charge is -2.22. The van der Waals surface area contributed by atoms with E-state index in [1.54, 1.807) is 11.8 Å². The Morgan fingerprint density at radius 1 is 1.35 bits per heavy atom. The number of urea groups is 1. The Bertz CT molecular complexity index is 600. The second kappa shape index (κ2) is 7.25. The largest absolute Gasteiger partial charge is 0.338 e. The monoisotopic (exact) mass is 333 g/mol. The van der Waals surface area contributed by atoms with Crippen LogP contribution in [0.25, 0.3) is 0 Å². The second-order valence-electron chi connectivity index (χ2n) is 6.21. The number of rotatable bonds is 4. The molecule has 0 radical (unpaired) electrons. The summed E-state index contributed by atoms with van der Waals surface area (Å²) >= 11 is 1.58. The average molecular weight is 333 g/mol. The van der Waals surface area contributed by atoms with Gasteiger partial charge in [-0.25, -0.2) is 4.79 Å². The molecule has 1 unspecified atom stereocenters. The first-order valence-electron chi connectivity index (χ1n) is 8.26. The van der Waals surface area contributed by atoms with Crippen LogP contribution in [0.2, 0.25) is 0 Å². The van der Waals surface area contributed by atoms with Crippen molar-refractivity contribution in [2.75, 3.05) is 11.9 Å². The van der Waals surface area contributed by atoms with Gasteiger partial charge in [0.25, 0.3) is 0 Å². The molecule has 1 aromatic carbocycles. The van der Waals surface area contributed by atoms with Crippen molar-refractivity contribution in [3.63, 3.8) is 0 Å². The van der Waals surface area contributed by atoms with Gasteiger partial charge in [0.2, 0.25) is 5.91 Å². The lowest BCUT2D eigenvalue weighted by atomic mass is 10.1. The first-order chi connectivity index (χ1) is 11.1. The lowest BCUT2D eigenvalue weighted by Crippen LogP contribution is -2.41. The third kappa shape index (κ3) is 4.19. The van der Waals surface area contributed by atoms with Gasteiger partial charge in [-0.05, 0) is 43.9 Å². The number of fused-ring (bicyclic) bond motifs is 1. The molecule has 23 heavy (non-hydrogen) atoms. The number of nitrogens with one attached hydrogen (secondary N) is 3. The molecule has 0 saturated heterocycles. The Labute approximate surface area is 141 Å². The molecule has 3 amide bonds. The second-order valence-corrected chi connectivity index (χ2v) is 7.59. The SMILES string of the molecule is CC1Sc2ccc(CCNC(=O)NC3CCCC3)cc2NC1=O. The molecule has 1 aliphatic heterocycles. The molecule has 3 rings (SSSR count). The summed E-state index contributed by atoms with van der Waals surface area (Å²) < 4.78 is 0. The van der Waals surface area contributed by atoms with E-state index >= 15 is 0 Å². The van der Waals surface area contributed by atoms with Crippen molar-refractivity contribution in [2.24, 2.45) is 0 Å². The van der Waals surface area contributed by atoms with E-state index in [1.165, 1.54) is 12.8 Å². The fourth-order valence-electron chi connectivity index (χ4n) is 3.04. The van der Waals surface area contributed by atoms with E-state index in [0.717, 1.165) is 35.4 Å². The Morgan fingerprint density at radius 3 is 2.91 bits per heavy atom. The molecule has 1 atom stereocenters. The average Bonchev–Trinajstić information content (AvgIpc) is 3.01. The molecular formula is C17H23N3O2S. The summed E-state index contributed by atoms with van der Waals surface area (Å²) in [6.07, 6.45) is 5.36. The molecule has 2 aliphatic rings. The summed E-state index contributed by atoms with van der Waals surface area (Å²) in [6.45, 7) is 2.50. The summed E-state index contributed by atoms with van der Waals surface area (Å²) in [5.74, 6) is 0.0497. The van der Waals surface area contributed by atoms with Gasteiger partial charge in [-0.15, -0.1) is 11.8 Å². The van der Waals surface area contributed by atoms with Crippen LogP contribution in [-0.4, -0.2) is 29.8 Å². The smallest absolute Gasteiger partial charge is 0.315 e. The van der Waals surface area contributed by atoms with Crippen LogP contribution in [0.4, 0.5) is 10.5 Å². The first kappa shape index (κ1) is 16.2. The molecule has 1 fully saturated rings. The molecule has 6 heteroatoms. The molecule has 1 aromatic rings. The van der Waals surface area contributed by atoms with Crippen molar-refractivity contribution in [2.45, 2.75) is 55.2 Å². The van der Waals surface area contributed by atoms with Gasteiger partial charge in [0, 0.05) is 17.5 Å². The van der Waals surface area contributed by atoms with Crippen molar-refractivity contribution in [3.05, 3.63) is 23.8 Å². The highest BCUT2D eigenvalue weighted by Gasteiger charge is 2.23. The zero-order valence-corrected chi connectivity index (χ0v) is 14.2. The molecule has 5 nitrogen and oxygen atoms in total. The molecule has 0 spiro atoms. The molecular weight excluding hydrogens is 310 g/mol. The van der Waals surface area contributed by atoms with E-state index in [9.17, 15) is 9.59 Å². The van der Waals surface area contributed by atoms with Gasteiger partial charge in [0.15, 0.2) is 0 Å². The Kier molecular flexibility index (Phi) is 5.10. The van der Waals surface area contributed by atoms with E-state index in [-0.39, 0.29) is 17.2 Å². The number of carbonyl (C=O) groups is 2. The quantitative estimate of drug-likeness (QED) is 0.793. The minimum Gasteiger partial charge on any atom is -0.338 e. The molecule has 124 valence electrons. The number of benzene rings is 1. The van der Waals surface area contributed by atoms with Crippen LogP contribution in [0, 0.1) is 0 Å². The van der Waals surface area contributed by atoms with Gasteiger partial charge < -0.3 is 16.0 Å². The van der Waals surface area contributed by atoms with Crippen molar-refractivity contribution in [1.82, 2.24) is 10.6 Å². The minimum absolute atomic E-state index is 0.0469. The molecule has 1 heterocycles. The van der Waals surface area contributed by atoms with Gasteiger partial charge in [0.1, 0.15) is 0 Å². The third-order valence-corrected chi connectivity index (χ3v) is 5.54. The van der Waals surface area contributed by atoms with Crippen molar-refractivity contribution >= 4 is 29.4 Å².